The Hall–Kier alpha value is -2.96. The van der Waals surface area contributed by atoms with Crippen molar-refractivity contribution in [3.05, 3.63) is 53.6 Å². The third-order valence-electron chi connectivity index (χ3n) is 5.23. The molecule has 0 radical (unpaired) electrons. The normalized spacial score (nSPS) is 15.0. The number of ether oxygens (including phenoxy) is 1. The van der Waals surface area contributed by atoms with E-state index in [1.165, 1.54) is 18.0 Å². The Morgan fingerprint density at radius 1 is 1.20 bits per heavy atom. The minimum atomic E-state index is -0.144. The van der Waals surface area contributed by atoms with Gasteiger partial charge in [0.2, 0.25) is 0 Å². The smallest absolute Gasteiger partial charge is 0.274 e. The van der Waals surface area contributed by atoms with E-state index < -0.39 is 0 Å². The molecule has 1 saturated heterocycles. The molecule has 0 aliphatic carbocycles. The second-order valence-electron chi connectivity index (χ2n) is 8.76. The number of amides is 2. The first-order valence-corrected chi connectivity index (χ1v) is 10.3. The molecule has 1 aliphatic rings. The van der Waals surface area contributed by atoms with Crippen LogP contribution in [-0.4, -0.2) is 52.4 Å². The van der Waals surface area contributed by atoms with Crippen LogP contribution in [-0.2, 0) is 10.2 Å². The molecule has 2 heterocycles. The fourth-order valence-electron chi connectivity index (χ4n) is 3.57. The number of likely N-dealkylation sites (tertiary alicyclic amines) is 1. The van der Waals surface area contributed by atoms with Crippen molar-refractivity contribution < 1.29 is 14.3 Å². The summed E-state index contributed by atoms with van der Waals surface area (Å²) < 4.78 is 5.85. The first kappa shape index (κ1) is 21.7. The lowest BCUT2D eigenvalue weighted by Gasteiger charge is -2.32. The second kappa shape index (κ2) is 9.24. The molecule has 1 fully saturated rings. The quantitative estimate of drug-likeness (QED) is 0.819. The monoisotopic (exact) mass is 410 g/mol. The molecule has 1 N–H and O–H groups in total. The third-order valence-corrected chi connectivity index (χ3v) is 5.23. The number of aromatic nitrogens is 2. The molecule has 0 saturated carbocycles. The number of carbonyl (C=O) groups excluding carboxylic acids is 2. The fraction of sp³-hybridized carbons (Fsp3) is 0.478. The lowest BCUT2D eigenvalue weighted by Crippen LogP contribution is -2.47. The lowest BCUT2D eigenvalue weighted by atomic mass is 9.85. The van der Waals surface area contributed by atoms with Crippen molar-refractivity contribution in [1.29, 1.82) is 0 Å². The number of rotatable bonds is 5. The Labute approximate surface area is 177 Å². The molecule has 1 aliphatic heterocycles. The lowest BCUT2D eigenvalue weighted by molar-refractivity contribution is -0.124. The number of piperidine rings is 1. The van der Waals surface area contributed by atoms with Crippen LogP contribution >= 0.6 is 0 Å². The summed E-state index contributed by atoms with van der Waals surface area (Å²) in [5.41, 5.74) is 2.53. The van der Waals surface area contributed by atoms with E-state index >= 15 is 0 Å². The molecule has 2 amide bonds. The van der Waals surface area contributed by atoms with Gasteiger partial charge in [0, 0.05) is 31.5 Å². The van der Waals surface area contributed by atoms with Crippen molar-refractivity contribution in [3.8, 4) is 5.75 Å². The van der Waals surface area contributed by atoms with Crippen molar-refractivity contribution >= 4 is 11.8 Å². The molecule has 2 aromatic rings. The zero-order valence-corrected chi connectivity index (χ0v) is 18.1. The predicted octanol–water partition coefficient (Wildman–Crippen LogP) is 2.88. The molecule has 0 unspecified atom stereocenters. The molecular weight excluding hydrogens is 380 g/mol. The van der Waals surface area contributed by atoms with Crippen LogP contribution in [0, 0.1) is 6.92 Å². The molecule has 0 bridgehead atoms. The van der Waals surface area contributed by atoms with Crippen LogP contribution in [0.4, 0.5) is 0 Å². The Balaban J connectivity index is 1.49. The van der Waals surface area contributed by atoms with Crippen LogP contribution in [0.2, 0.25) is 0 Å². The summed E-state index contributed by atoms with van der Waals surface area (Å²) in [7, 11) is 0. The van der Waals surface area contributed by atoms with Gasteiger partial charge < -0.3 is 15.0 Å². The first-order chi connectivity index (χ1) is 14.2. The average Bonchev–Trinajstić information content (AvgIpc) is 2.73. The summed E-state index contributed by atoms with van der Waals surface area (Å²) in [6.07, 6.45) is 5.94. The van der Waals surface area contributed by atoms with E-state index in [-0.39, 0.29) is 29.9 Å². The summed E-state index contributed by atoms with van der Waals surface area (Å²) >= 11 is 0. The van der Waals surface area contributed by atoms with Gasteiger partial charge >= 0.3 is 0 Å². The van der Waals surface area contributed by atoms with Crippen LogP contribution in [0.3, 0.4) is 0 Å². The van der Waals surface area contributed by atoms with Gasteiger partial charge in [0.15, 0.2) is 6.61 Å². The summed E-state index contributed by atoms with van der Waals surface area (Å²) in [6, 6.07) is 6.07. The topological polar surface area (TPSA) is 84.4 Å². The summed E-state index contributed by atoms with van der Waals surface area (Å²) in [6.45, 7) is 9.57. The van der Waals surface area contributed by atoms with Crippen LogP contribution in [0.5, 0.6) is 5.75 Å². The number of benzene rings is 1. The molecule has 7 heteroatoms. The maximum atomic E-state index is 12.4. The maximum Gasteiger partial charge on any atom is 0.274 e. The van der Waals surface area contributed by atoms with E-state index in [1.54, 1.807) is 11.1 Å². The highest BCUT2D eigenvalue weighted by Gasteiger charge is 2.26. The van der Waals surface area contributed by atoms with E-state index in [9.17, 15) is 9.59 Å². The highest BCUT2D eigenvalue weighted by Crippen LogP contribution is 2.32. The van der Waals surface area contributed by atoms with Crippen molar-refractivity contribution in [2.45, 2.75) is 52.0 Å². The fourth-order valence-corrected chi connectivity index (χ4v) is 3.57. The van der Waals surface area contributed by atoms with Crippen LogP contribution < -0.4 is 10.1 Å². The number of hydrogen-bond donors (Lipinski definition) is 1. The van der Waals surface area contributed by atoms with Crippen molar-refractivity contribution in [1.82, 2.24) is 20.2 Å². The van der Waals surface area contributed by atoms with E-state index in [0.717, 1.165) is 11.3 Å². The van der Waals surface area contributed by atoms with Gasteiger partial charge in [0.1, 0.15) is 11.4 Å². The van der Waals surface area contributed by atoms with E-state index in [2.05, 4.69) is 42.1 Å². The standard InChI is InChI=1S/C23H30N4O3/c1-16-5-6-20(18(13-16)23(2,3)4)30-15-21(28)26-17-7-11-27(12-8-17)22(29)19-14-24-9-10-25-19/h5-6,9-10,13-14,17H,7-8,11-12,15H2,1-4H3,(H,26,28). The van der Waals surface area contributed by atoms with Gasteiger partial charge in [-0.05, 0) is 36.8 Å². The van der Waals surface area contributed by atoms with Gasteiger partial charge in [-0.2, -0.15) is 0 Å². The Morgan fingerprint density at radius 3 is 2.57 bits per heavy atom. The van der Waals surface area contributed by atoms with Gasteiger partial charge in [0.25, 0.3) is 11.8 Å². The summed E-state index contributed by atoms with van der Waals surface area (Å²) in [4.78, 5) is 34.6. The predicted molar refractivity (Wildman–Crippen MR) is 114 cm³/mol. The van der Waals surface area contributed by atoms with Crippen molar-refractivity contribution in [2.75, 3.05) is 19.7 Å². The van der Waals surface area contributed by atoms with E-state index in [1.807, 2.05) is 19.1 Å². The maximum absolute atomic E-state index is 12.4. The zero-order chi connectivity index (χ0) is 21.7. The average molecular weight is 411 g/mol. The number of hydrogen-bond acceptors (Lipinski definition) is 5. The molecule has 3 rings (SSSR count). The Bertz CT molecular complexity index is 885. The molecule has 0 spiro atoms. The SMILES string of the molecule is Cc1ccc(OCC(=O)NC2CCN(C(=O)c3cnccn3)CC2)c(C(C)(C)C)c1. The Kier molecular flexibility index (Phi) is 6.70. The summed E-state index contributed by atoms with van der Waals surface area (Å²) in [5.74, 6) is 0.479. The molecular formula is C23H30N4O3. The van der Waals surface area contributed by atoms with Gasteiger partial charge in [-0.1, -0.05) is 38.5 Å². The number of nitrogens with zero attached hydrogens (tertiary/aromatic N) is 3. The van der Waals surface area contributed by atoms with E-state index in [4.69, 9.17) is 4.74 Å². The third kappa shape index (κ3) is 5.55. The molecule has 30 heavy (non-hydrogen) atoms. The van der Waals surface area contributed by atoms with Gasteiger partial charge in [0.05, 0.1) is 6.20 Å². The van der Waals surface area contributed by atoms with Crippen molar-refractivity contribution in [3.63, 3.8) is 0 Å². The molecule has 1 aromatic carbocycles. The minimum Gasteiger partial charge on any atom is -0.483 e. The molecule has 1 aromatic heterocycles. The van der Waals surface area contributed by atoms with Crippen LogP contribution in [0.15, 0.2) is 36.8 Å². The number of carbonyl (C=O) groups is 2. The van der Waals surface area contributed by atoms with E-state index in [0.29, 0.717) is 31.6 Å². The van der Waals surface area contributed by atoms with Crippen LogP contribution in [0.1, 0.15) is 55.2 Å². The summed E-state index contributed by atoms with van der Waals surface area (Å²) in [5, 5.41) is 3.03. The highest BCUT2D eigenvalue weighted by molar-refractivity contribution is 5.92. The van der Waals surface area contributed by atoms with Crippen molar-refractivity contribution in [2.24, 2.45) is 0 Å². The van der Waals surface area contributed by atoms with Crippen LogP contribution in [0.25, 0.3) is 0 Å². The van der Waals surface area contributed by atoms with Gasteiger partial charge in [-0.15, -0.1) is 0 Å². The minimum absolute atomic E-state index is 0.0229. The Morgan fingerprint density at radius 2 is 1.93 bits per heavy atom. The van der Waals surface area contributed by atoms with Gasteiger partial charge in [-0.3, -0.25) is 14.6 Å². The zero-order valence-electron chi connectivity index (χ0n) is 18.1. The number of aryl methyl sites for hydroxylation is 1. The van der Waals surface area contributed by atoms with Gasteiger partial charge in [-0.25, -0.2) is 4.98 Å². The first-order valence-electron chi connectivity index (χ1n) is 10.3. The molecule has 0 atom stereocenters. The number of nitrogens with one attached hydrogen (secondary N) is 1. The second-order valence-corrected chi connectivity index (χ2v) is 8.76. The highest BCUT2D eigenvalue weighted by atomic mass is 16.5. The molecule has 160 valence electrons. The largest absolute Gasteiger partial charge is 0.483 e. The molecule has 7 nitrogen and oxygen atoms in total.